The maximum atomic E-state index is 12.6. The third kappa shape index (κ3) is 3.28. The second-order valence-corrected chi connectivity index (χ2v) is 7.32. The zero-order valence-corrected chi connectivity index (χ0v) is 16.4. The van der Waals surface area contributed by atoms with Crippen molar-refractivity contribution >= 4 is 28.5 Å². The molecular formula is C25H18N2O4. The van der Waals surface area contributed by atoms with Gasteiger partial charge in [-0.05, 0) is 34.4 Å². The number of carbonyl (C=O) groups excluding carboxylic acids is 1. The minimum Gasteiger partial charge on any atom is -0.476 e. The lowest BCUT2D eigenvalue weighted by Crippen LogP contribution is -2.18. The van der Waals surface area contributed by atoms with Crippen molar-refractivity contribution in [1.82, 2.24) is 4.98 Å². The van der Waals surface area contributed by atoms with Gasteiger partial charge < -0.3 is 9.84 Å². The van der Waals surface area contributed by atoms with Gasteiger partial charge >= 0.3 is 12.1 Å². The summed E-state index contributed by atoms with van der Waals surface area (Å²) in [7, 11) is 0. The number of carboxylic acids is 1. The van der Waals surface area contributed by atoms with Crippen LogP contribution in [0.2, 0.25) is 0 Å². The number of anilines is 1. The summed E-state index contributed by atoms with van der Waals surface area (Å²) in [5.74, 6) is -1.16. The molecule has 0 unspecified atom stereocenters. The van der Waals surface area contributed by atoms with Gasteiger partial charge in [-0.15, -0.1) is 0 Å². The number of amides is 1. The predicted octanol–water partition coefficient (Wildman–Crippen LogP) is 5.29. The Morgan fingerprint density at radius 3 is 2.23 bits per heavy atom. The fraction of sp³-hybridized carbons (Fsp3) is 0.0800. The Balaban J connectivity index is 1.37. The number of carbonyl (C=O) groups is 2. The van der Waals surface area contributed by atoms with Gasteiger partial charge in [-0.25, -0.2) is 14.6 Å². The molecule has 5 rings (SSSR count). The molecule has 6 heteroatoms. The highest BCUT2D eigenvalue weighted by Gasteiger charge is 2.29. The van der Waals surface area contributed by atoms with Gasteiger partial charge in [0.15, 0.2) is 5.69 Å². The number of hydrogen-bond donors (Lipinski definition) is 2. The Labute approximate surface area is 178 Å². The highest BCUT2D eigenvalue weighted by atomic mass is 16.5. The summed E-state index contributed by atoms with van der Waals surface area (Å²) in [4.78, 5) is 27.9. The topological polar surface area (TPSA) is 88.5 Å². The SMILES string of the molecule is O=C(Nc1cccc2c(C(=O)O)nccc12)OCC1c2ccccc2-c2ccccc21. The van der Waals surface area contributed by atoms with Gasteiger partial charge in [0, 0.05) is 22.9 Å². The number of fused-ring (bicyclic) bond motifs is 4. The van der Waals surface area contributed by atoms with Crippen molar-refractivity contribution < 1.29 is 19.4 Å². The van der Waals surface area contributed by atoms with E-state index in [-0.39, 0.29) is 18.2 Å². The standard InChI is InChI=1S/C25H18N2O4/c28-24(29)23-20-10-5-11-22(19(20)12-13-26-23)27-25(30)31-14-21-17-8-3-1-6-15(17)16-7-2-4-9-18(16)21/h1-13,21H,14H2,(H,27,30)(H,28,29). The average Bonchev–Trinajstić information content (AvgIpc) is 3.11. The van der Waals surface area contributed by atoms with Crippen LogP contribution in [0, 0.1) is 0 Å². The minimum atomic E-state index is -1.12. The van der Waals surface area contributed by atoms with Crippen LogP contribution in [0.3, 0.4) is 0 Å². The van der Waals surface area contributed by atoms with E-state index < -0.39 is 12.1 Å². The maximum Gasteiger partial charge on any atom is 0.411 e. The van der Waals surface area contributed by atoms with Crippen LogP contribution in [-0.4, -0.2) is 28.8 Å². The Morgan fingerprint density at radius 1 is 0.871 bits per heavy atom. The molecule has 1 aromatic heterocycles. The van der Waals surface area contributed by atoms with Crippen LogP contribution in [0.4, 0.5) is 10.5 Å². The second-order valence-electron chi connectivity index (χ2n) is 7.32. The van der Waals surface area contributed by atoms with Crippen LogP contribution >= 0.6 is 0 Å². The lowest BCUT2D eigenvalue weighted by Gasteiger charge is -2.15. The quantitative estimate of drug-likeness (QED) is 0.477. The summed E-state index contributed by atoms with van der Waals surface area (Å²) < 4.78 is 5.59. The van der Waals surface area contributed by atoms with Gasteiger partial charge in [0.1, 0.15) is 6.61 Å². The smallest absolute Gasteiger partial charge is 0.411 e. The first kappa shape index (κ1) is 18.8. The molecule has 0 spiro atoms. The second kappa shape index (κ2) is 7.57. The molecule has 31 heavy (non-hydrogen) atoms. The molecule has 2 N–H and O–H groups in total. The first-order chi connectivity index (χ1) is 15.1. The van der Waals surface area contributed by atoms with Gasteiger partial charge in [-0.1, -0.05) is 60.7 Å². The van der Waals surface area contributed by atoms with E-state index in [1.165, 1.54) is 6.20 Å². The number of hydrogen-bond acceptors (Lipinski definition) is 4. The third-order valence-electron chi connectivity index (χ3n) is 5.59. The molecule has 1 heterocycles. The summed E-state index contributed by atoms with van der Waals surface area (Å²) in [5.41, 5.74) is 5.01. The van der Waals surface area contributed by atoms with Crippen molar-refractivity contribution in [3.8, 4) is 11.1 Å². The third-order valence-corrected chi connectivity index (χ3v) is 5.59. The van der Waals surface area contributed by atoms with Crippen LogP contribution in [0.1, 0.15) is 27.5 Å². The van der Waals surface area contributed by atoms with Crippen LogP contribution in [0.25, 0.3) is 21.9 Å². The molecule has 0 aliphatic heterocycles. The first-order valence-corrected chi connectivity index (χ1v) is 9.86. The molecule has 152 valence electrons. The maximum absolute atomic E-state index is 12.6. The fourth-order valence-electron chi connectivity index (χ4n) is 4.23. The number of aromatic nitrogens is 1. The molecule has 0 atom stereocenters. The number of benzene rings is 3. The molecule has 1 amide bonds. The molecule has 4 aromatic rings. The monoisotopic (exact) mass is 410 g/mol. The predicted molar refractivity (Wildman–Crippen MR) is 117 cm³/mol. The Hall–Kier alpha value is -4.19. The van der Waals surface area contributed by atoms with Crippen molar-refractivity contribution in [3.63, 3.8) is 0 Å². The number of ether oxygens (including phenoxy) is 1. The molecule has 3 aromatic carbocycles. The van der Waals surface area contributed by atoms with Crippen LogP contribution < -0.4 is 5.32 Å². The summed E-state index contributed by atoms with van der Waals surface area (Å²) in [6, 6.07) is 23.0. The van der Waals surface area contributed by atoms with E-state index in [1.54, 1.807) is 24.3 Å². The average molecular weight is 410 g/mol. The fourth-order valence-corrected chi connectivity index (χ4v) is 4.23. The number of rotatable bonds is 4. The van der Waals surface area contributed by atoms with Gasteiger partial charge in [-0.2, -0.15) is 0 Å². The van der Waals surface area contributed by atoms with Crippen molar-refractivity contribution in [2.45, 2.75) is 5.92 Å². The van der Waals surface area contributed by atoms with Crippen molar-refractivity contribution in [1.29, 1.82) is 0 Å². The van der Waals surface area contributed by atoms with E-state index in [1.807, 2.05) is 24.3 Å². The van der Waals surface area contributed by atoms with E-state index in [2.05, 4.69) is 34.6 Å². The van der Waals surface area contributed by atoms with Gasteiger partial charge in [0.25, 0.3) is 0 Å². The summed E-state index contributed by atoms with van der Waals surface area (Å²) in [6.07, 6.45) is 0.817. The number of pyridine rings is 1. The van der Waals surface area contributed by atoms with Crippen LogP contribution in [0.5, 0.6) is 0 Å². The molecule has 1 aliphatic rings. The summed E-state index contributed by atoms with van der Waals surface area (Å²) in [6.45, 7) is 0.201. The van der Waals surface area contributed by atoms with E-state index in [0.717, 1.165) is 22.3 Å². The van der Waals surface area contributed by atoms with Gasteiger partial charge in [0.2, 0.25) is 0 Å². The lowest BCUT2D eigenvalue weighted by molar-refractivity contribution is 0.0693. The summed E-state index contributed by atoms with van der Waals surface area (Å²) >= 11 is 0. The molecule has 0 radical (unpaired) electrons. The molecule has 0 bridgehead atoms. The number of nitrogens with zero attached hydrogens (tertiary/aromatic N) is 1. The molecule has 0 fully saturated rings. The zero-order valence-electron chi connectivity index (χ0n) is 16.4. The highest BCUT2D eigenvalue weighted by Crippen LogP contribution is 2.44. The molecule has 0 saturated carbocycles. The van der Waals surface area contributed by atoms with E-state index in [0.29, 0.717) is 16.5 Å². The molecule has 1 aliphatic carbocycles. The Kier molecular flexibility index (Phi) is 4.59. The van der Waals surface area contributed by atoms with Gasteiger partial charge in [0.05, 0.1) is 5.69 Å². The number of nitrogens with one attached hydrogen (secondary N) is 1. The van der Waals surface area contributed by atoms with Crippen molar-refractivity contribution in [2.75, 3.05) is 11.9 Å². The van der Waals surface area contributed by atoms with E-state index in [4.69, 9.17) is 4.74 Å². The van der Waals surface area contributed by atoms with Crippen molar-refractivity contribution in [3.05, 3.63) is 95.8 Å². The lowest BCUT2D eigenvalue weighted by atomic mass is 9.98. The van der Waals surface area contributed by atoms with Crippen LogP contribution in [-0.2, 0) is 4.74 Å². The normalized spacial score (nSPS) is 12.3. The summed E-state index contributed by atoms with van der Waals surface area (Å²) in [5, 5.41) is 13.1. The van der Waals surface area contributed by atoms with Crippen LogP contribution in [0.15, 0.2) is 79.0 Å². The number of aromatic carboxylic acids is 1. The molecule has 0 saturated heterocycles. The van der Waals surface area contributed by atoms with Crippen molar-refractivity contribution in [2.24, 2.45) is 0 Å². The van der Waals surface area contributed by atoms with Gasteiger partial charge in [-0.3, -0.25) is 5.32 Å². The largest absolute Gasteiger partial charge is 0.476 e. The molecular weight excluding hydrogens is 392 g/mol. The van der Waals surface area contributed by atoms with E-state index >= 15 is 0 Å². The van der Waals surface area contributed by atoms with E-state index in [9.17, 15) is 14.7 Å². The Bertz CT molecular complexity index is 1290. The minimum absolute atomic E-state index is 0.0338. The first-order valence-electron chi connectivity index (χ1n) is 9.86. The zero-order chi connectivity index (χ0) is 21.4. The Morgan fingerprint density at radius 2 is 1.55 bits per heavy atom. The highest BCUT2D eigenvalue weighted by molar-refractivity contribution is 6.07. The molecule has 6 nitrogen and oxygen atoms in total. The number of carboxylic acid groups (broad SMARTS) is 1.